The minimum Gasteiger partial charge on any atom is -0.309 e. The van der Waals surface area contributed by atoms with Crippen LogP contribution in [0.3, 0.4) is 0 Å². The summed E-state index contributed by atoms with van der Waals surface area (Å²) in [6, 6.07) is 64.4. The molecule has 0 saturated heterocycles. The molecular formula is C52H34N4. The summed E-state index contributed by atoms with van der Waals surface area (Å²) in [5, 5.41) is 25.3. The first-order valence-electron chi connectivity index (χ1n) is 18.8. The van der Waals surface area contributed by atoms with Crippen molar-refractivity contribution in [1.29, 1.82) is 10.5 Å². The SMILES string of the molecule is Cc1cccc(C)c1-n1c2ccccc2c2cc(-n3c4ccc(-c5ccccc5)cc4c4cc(-c5ccccc5)ccc43)cc(-c3cccc(C#N)c3C#N)c21. The van der Waals surface area contributed by atoms with E-state index in [1.54, 1.807) is 6.07 Å². The van der Waals surface area contributed by atoms with E-state index in [1.807, 2.05) is 12.1 Å². The zero-order chi connectivity index (χ0) is 37.9. The first-order valence-corrected chi connectivity index (χ1v) is 18.8. The highest BCUT2D eigenvalue weighted by Crippen LogP contribution is 2.44. The minimum absolute atomic E-state index is 0.358. The highest BCUT2D eigenvalue weighted by Gasteiger charge is 2.24. The lowest BCUT2D eigenvalue weighted by Crippen LogP contribution is -2.03. The van der Waals surface area contributed by atoms with Crippen LogP contribution in [0.1, 0.15) is 22.3 Å². The van der Waals surface area contributed by atoms with Crippen LogP contribution in [0, 0.1) is 36.5 Å². The van der Waals surface area contributed by atoms with E-state index in [0.717, 1.165) is 88.4 Å². The number of benzene rings is 8. The van der Waals surface area contributed by atoms with Gasteiger partial charge in [-0.25, -0.2) is 0 Å². The molecule has 262 valence electrons. The van der Waals surface area contributed by atoms with Gasteiger partial charge in [0.15, 0.2) is 0 Å². The molecule has 0 aliphatic carbocycles. The van der Waals surface area contributed by atoms with Crippen molar-refractivity contribution < 1.29 is 0 Å². The van der Waals surface area contributed by atoms with Crippen molar-refractivity contribution in [2.24, 2.45) is 0 Å². The van der Waals surface area contributed by atoms with Gasteiger partial charge in [-0.1, -0.05) is 121 Å². The van der Waals surface area contributed by atoms with Gasteiger partial charge in [0.25, 0.3) is 0 Å². The number of fused-ring (bicyclic) bond motifs is 6. The molecule has 2 aromatic heterocycles. The minimum atomic E-state index is 0.358. The van der Waals surface area contributed by atoms with Gasteiger partial charge < -0.3 is 9.13 Å². The fraction of sp³-hybridized carbons (Fsp3) is 0.0385. The molecule has 0 unspecified atom stereocenters. The van der Waals surface area contributed by atoms with Crippen LogP contribution >= 0.6 is 0 Å². The Hall–Kier alpha value is -7.66. The summed E-state index contributed by atoms with van der Waals surface area (Å²) in [4.78, 5) is 0. The molecule has 0 spiro atoms. The third kappa shape index (κ3) is 5.05. The van der Waals surface area contributed by atoms with Crippen LogP contribution in [0.25, 0.3) is 88.4 Å². The summed E-state index contributed by atoms with van der Waals surface area (Å²) in [6.07, 6.45) is 0. The first kappa shape index (κ1) is 32.9. The molecule has 56 heavy (non-hydrogen) atoms. The third-order valence-corrected chi connectivity index (χ3v) is 11.2. The maximum Gasteiger partial charge on any atom is 0.101 e. The van der Waals surface area contributed by atoms with Gasteiger partial charge in [0.2, 0.25) is 0 Å². The van der Waals surface area contributed by atoms with Crippen molar-refractivity contribution >= 4 is 43.6 Å². The van der Waals surface area contributed by atoms with Gasteiger partial charge >= 0.3 is 0 Å². The van der Waals surface area contributed by atoms with Crippen LogP contribution in [0.2, 0.25) is 0 Å². The molecule has 0 saturated carbocycles. The van der Waals surface area contributed by atoms with Crippen LogP contribution in [-0.2, 0) is 0 Å². The Bertz CT molecular complexity index is 3160. The number of aromatic nitrogens is 2. The lowest BCUT2D eigenvalue weighted by molar-refractivity contribution is 1.12. The monoisotopic (exact) mass is 714 g/mol. The molecule has 4 nitrogen and oxygen atoms in total. The Balaban J connectivity index is 1.36. The zero-order valence-electron chi connectivity index (χ0n) is 31.0. The van der Waals surface area contributed by atoms with Crippen molar-refractivity contribution in [3.63, 3.8) is 0 Å². The smallest absolute Gasteiger partial charge is 0.101 e. The number of para-hydroxylation sites is 2. The predicted octanol–water partition coefficient (Wildman–Crippen LogP) is 13.2. The third-order valence-electron chi connectivity index (χ3n) is 11.2. The average Bonchev–Trinajstić information content (AvgIpc) is 3.75. The molecule has 0 aliphatic heterocycles. The normalized spacial score (nSPS) is 11.4. The fourth-order valence-electron chi connectivity index (χ4n) is 8.72. The summed E-state index contributed by atoms with van der Waals surface area (Å²) in [7, 11) is 0. The van der Waals surface area contributed by atoms with Crippen LogP contribution in [0.4, 0.5) is 0 Å². The molecular weight excluding hydrogens is 681 g/mol. The highest BCUT2D eigenvalue weighted by molar-refractivity contribution is 6.17. The van der Waals surface area contributed by atoms with Crippen molar-refractivity contribution in [3.8, 4) is 56.9 Å². The second-order valence-electron chi connectivity index (χ2n) is 14.5. The molecule has 10 aromatic rings. The number of hydrogen-bond acceptors (Lipinski definition) is 2. The Labute approximate surface area is 325 Å². The Morgan fingerprint density at radius 2 is 0.982 bits per heavy atom. The Morgan fingerprint density at radius 3 is 1.59 bits per heavy atom. The lowest BCUT2D eigenvalue weighted by Gasteiger charge is -2.18. The maximum atomic E-state index is 10.6. The number of nitrogens with zero attached hydrogens (tertiary/aromatic N) is 4. The molecule has 0 fully saturated rings. The van der Waals surface area contributed by atoms with E-state index < -0.39 is 0 Å². The second-order valence-corrected chi connectivity index (χ2v) is 14.5. The Kier molecular flexibility index (Phi) is 7.66. The van der Waals surface area contributed by atoms with Crippen molar-refractivity contribution in [2.75, 3.05) is 0 Å². The number of rotatable bonds is 5. The number of aryl methyl sites for hydroxylation is 2. The second kappa shape index (κ2) is 13.0. The molecule has 0 atom stereocenters. The molecule has 0 amide bonds. The van der Waals surface area contributed by atoms with E-state index in [0.29, 0.717) is 11.1 Å². The summed E-state index contributed by atoms with van der Waals surface area (Å²) in [5.74, 6) is 0. The van der Waals surface area contributed by atoms with Crippen LogP contribution in [-0.4, -0.2) is 9.13 Å². The molecule has 4 heteroatoms. The largest absolute Gasteiger partial charge is 0.309 e. The van der Waals surface area contributed by atoms with Crippen molar-refractivity contribution in [2.45, 2.75) is 13.8 Å². The van der Waals surface area contributed by atoms with E-state index >= 15 is 0 Å². The molecule has 0 radical (unpaired) electrons. The first-order chi connectivity index (χ1) is 27.5. The average molecular weight is 715 g/mol. The summed E-state index contributed by atoms with van der Waals surface area (Å²) >= 11 is 0. The molecule has 10 rings (SSSR count). The van der Waals surface area contributed by atoms with Crippen molar-refractivity contribution in [1.82, 2.24) is 9.13 Å². The van der Waals surface area contributed by atoms with Gasteiger partial charge in [-0.05, 0) is 95.8 Å². The predicted molar refractivity (Wildman–Crippen MR) is 230 cm³/mol. The molecule has 2 heterocycles. The molecule has 0 aliphatic rings. The molecule has 0 bridgehead atoms. The zero-order valence-corrected chi connectivity index (χ0v) is 31.0. The summed E-state index contributed by atoms with van der Waals surface area (Å²) in [5.41, 5.74) is 15.6. The van der Waals surface area contributed by atoms with Crippen molar-refractivity contribution in [3.05, 3.63) is 192 Å². The van der Waals surface area contributed by atoms with Crippen LogP contribution in [0.15, 0.2) is 170 Å². The van der Waals surface area contributed by atoms with Gasteiger partial charge in [-0.2, -0.15) is 10.5 Å². The van der Waals surface area contributed by atoms with E-state index in [4.69, 9.17) is 0 Å². The molecule has 8 aromatic carbocycles. The highest BCUT2D eigenvalue weighted by atomic mass is 15.0. The van der Waals surface area contributed by atoms with E-state index in [9.17, 15) is 10.5 Å². The lowest BCUT2D eigenvalue weighted by atomic mass is 9.94. The van der Waals surface area contributed by atoms with Gasteiger partial charge in [0.1, 0.15) is 12.1 Å². The topological polar surface area (TPSA) is 57.4 Å². The van der Waals surface area contributed by atoms with Gasteiger partial charge in [-0.15, -0.1) is 0 Å². The van der Waals surface area contributed by atoms with E-state index in [2.05, 4.69) is 187 Å². The van der Waals surface area contributed by atoms with E-state index in [-0.39, 0.29) is 0 Å². The molecule has 0 N–H and O–H groups in total. The van der Waals surface area contributed by atoms with Gasteiger partial charge in [-0.3, -0.25) is 0 Å². The Morgan fingerprint density at radius 1 is 0.411 bits per heavy atom. The standard InChI is InChI=1S/C52H34N4/c1-33-13-11-14-34(2)51(33)56-48-22-10-9-20-42(48)46-30-40(29-45(52(46)56)41-21-12-19-39(31-53)47(41)32-54)55-49-25-23-37(35-15-5-3-6-16-35)27-43(49)44-28-38(24-26-50(44)55)36-17-7-4-8-18-36/h3-30H,1-2H3. The van der Waals surface area contributed by atoms with Crippen LogP contribution < -0.4 is 0 Å². The van der Waals surface area contributed by atoms with Gasteiger partial charge in [0, 0.05) is 38.4 Å². The maximum absolute atomic E-state index is 10.6. The summed E-state index contributed by atoms with van der Waals surface area (Å²) < 4.78 is 4.72. The quantitative estimate of drug-likeness (QED) is 0.178. The number of nitriles is 2. The number of hydrogen-bond donors (Lipinski definition) is 0. The van der Waals surface area contributed by atoms with Crippen LogP contribution in [0.5, 0.6) is 0 Å². The van der Waals surface area contributed by atoms with E-state index in [1.165, 1.54) is 11.1 Å². The fourth-order valence-corrected chi connectivity index (χ4v) is 8.72. The summed E-state index contributed by atoms with van der Waals surface area (Å²) in [6.45, 7) is 4.30. The van der Waals surface area contributed by atoms with Gasteiger partial charge in [0.05, 0.1) is 38.9 Å².